The SMILES string of the molecule is CC(C)C(S)C(=O)N(C)CC1CCCO1. The first-order valence-corrected chi connectivity index (χ1v) is 6.08. The number of amides is 1. The second-order valence-corrected chi connectivity index (χ2v) is 5.10. The highest BCUT2D eigenvalue weighted by atomic mass is 32.1. The molecule has 0 aliphatic carbocycles. The Balaban J connectivity index is 2.38. The summed E-state index contributed by atoms with van der Waals surface area (Å²) < 4.78 is 5.50. The Hall–Kier alpha value is -0.220. The van der Waals surface area contributed by atoms with E-state index in [0.29, 0.717) is 6.54 Å². The van der Waals surface area contributed by atoms with Crippen molar-refractivity contribution >= 4 is 18.5 Å². The van der Waals surface area contributed by atoms with Crippen LogP contribution in [-0.2, 0) is 9.53 Å². The smallest absolute Gasteiger partial charge is 0.235 e. The molecule has 1 fully saturated rings. The molecule has 0 N–H and O–H groups in total. The van der Waals surface area contributed by atoms with Gasteiger partial charge >= 0.3 is 0 Å². The quantitative estimate of drug-likeness (QED) is 0.744. The number of likely N-dealkylation sites (N-methyl/N-ethyl adjacent to an activating group) is 1. The third-order valence-corrected chi connectivity index (χ3v) is 3.58. The lowest BCUT2D eigenvalue weighted by atomic mass is 10.1. The summed E-state index contributed by atoms with van der Waals surface area (Å²) in [6, 6.07) is 0. The van der Waals surface area contributed by atoms with Gasteiger partial charge in [-0.15, -0.1) is 0 Å². The normalized spacial score (nSPS) is 23.1. The summed E-state index contributed by atoms with van der Waals surface area (Å²) in [7, 11) is 1.83. The van der Waals surface area contributed by atoms with Crippen molar-refractivity contribution in [1.29, 1.82) is 0 Å². The number of carbonyl (C=O) groups is 1. The number of carbonyl (C=O) groups excluding carboxylic acids is 1. The van der Waals surface area contributed by atoms with E-state index in [0.717, 1.165) is 19.4 Å². The fourth-order valence-corrected chi connectivity index (χ4v) is 1.89. The summed E-state index contributed by atoms with van der Waals surface area (Å²) >= 11 is 4.32. The van der Waals surface area contributed by atoms with E-state index < -0.39 is 0 Å². The summed E-state index contributed by atoms with van der Waals surface area (Å²) in [5.74, 6) is 0.372. The Bertz CT molecular complexity index is 215. The molecule has 4 heteroatoms. The van der Waals surface area contributed by atoms with E-state index in [2.05, 4.69) is 12.6 Å². The van der Waals surface area contributed by atoms with E-state index in [1.807, 2.05) is 20.9 Å². The monoisotopic (exact) mass is 231 g/mol. The van der Waals surface area contributed by atoms with Crippen LogP contribution in [0.5, 0.6) is 0 Å². The van der Waals surface area contributed by atoms with Gasteiger partial charge in [0.05, 0.1) is 11.4 Å². The van der Waals surface area contributed by atoms with Gasteiger partial charge in [0.1, 0.15) is 0 Å². The fraction of sp³-hybridized carbons (Fsp3) is 0.909. The maximum atomic E-state index is 11.9. The molecule has 0 saturated carbocycles. The largest absolute Gasteiger partial charge is 0.376 e. The topological polar surface area (TPSA) is 29.5 Å². The highest BCUT2D eigenvalue weighted by Gasteiger charge is 2.25. The van der Waals surface area contributed by atoms with E-state index in [9.17, 15) is 4.79 Å². The Morgan fingerprint density at radius 1 is 1.60 bits per heavy atom. The summed E-state index contributed by atoms with van der Waals surface area (Å²) in [5, 5.41) is -0.198. The lowest BCUT2D eigenvalue weighted by molar-refractivity contribution is -0.131. The summed E-state index contributed by atoms with van der Waals surface area (Å²) in [4.78, 5) is 13.6. The average molecular weight is 231 g/mol. The molecule has 0 spiro atoms. The standard InChI is InChI=1S/C11H21NO2S/c1-8(2)10(15)11(13)12(3)7-9-5-4-6-14-9/h8-10,15H,4-7H2,1-3H3. The predicted molar refractivity (Wildman–Crippen MR) is 64.2 cm³/mol. The van der Waals surface area contributed by atoms with Gasteiger partial charge in [0.15, 0.2) is 0 Å². The van der Waals surface area contributed by atoms with Gasteiger partial charge in [0, 0.05) is 20.2 Å². The van der Waals surface area contributed by atoms with Crippen LogP contribution in [-0.4, -0.2) is 42.4 Å². The minimum atomic E-state index is -0.198. The van der Waals surface area contributed by atoms with Crippen molar-refractivity contribution in [2.75, 3.05) is 20.2 Å². The van der Waals surface area contributed by atoms with Crippen molar-refractivity contribution in [2.45, 2.75) is 38.0 Å². The number of thiol groups is 1. The van der Waals surface area contributed by atoms with Crippen LogP contribution < -0.4 is 0 Å². The van der Waals surface area contributed by atoms with E-state index in [-0.39, 0.29) is 23.2 Å². The second-order valence-electron chi connectivity index (χ2n) is 4.54. The first-order chi connectivity index (χ1) is 7.02. The molecule has 1 aliphatic heterocycles. The summed E-state index contributed by atoms with van der Waals surface area (Å²) in [5.41, 5.74) is 0. The first-order valence-electron chi connectivity index (χ1n) is 5.57. The van der Waals surface area contributed by atoms with Crippen molar-refractivity contribution in [2.24, 2.45) is 5.92 Å². The lowest BCUT2D eigenvalue weighted by Crippen LogP contribution is -2.40. The van der Waals surface area contributed by atoms with Gasteiger partial charge in [0.25, 0.3) is 0 Å². The maximum Gasteiger partial charge on any atom is 0.235 e. The molecule has 88 valence electrons. The molecule has 1 heterocycles. The van der Waals surface area contributed by atoms with Crippen LogP contribution in [0.4, 0.5) is 0 Å². The first kappa shape index (κ1) is 12.8. The molecular formula is C11H21NO2S. The molecule has 15 heavy (non-hydrogen) atoms. The Morgan fingerprint density at radius 3 is 2.73 bits per heavy atom. The van der Waals surface area contributed by atoms with Crippen molar-refractivity contribution < 1.29 is 9.53 Å². The average Bonchev–Trinajstić information content (AvgIpc) is 2.67. The zero-order chi connectivity index (χ0) is 11.4. The lowest BCUT2D eigenvalue weighted by Gasteiger charge is -2.25. The van der Waals surface area contributed by atoms with Crippen molar-refractivity contribution in [3.05, 3.63) is 0 Å². The molecule has 0 radical (unpaired) electrons. The van der Waals surface area contributed by atoms with Crippen LogP contribution in [0.3, 0.4) is 0 Å². The highest BCUT2D eigenvalue weighted by Crippen LogP contribution is 2.16. The van der Waals surface area contributed by atoms with Crippen molar-refractivity contribution in [3.63, 3.8) is 0 Å². The van der Waals surface area contributed by atoms with Gasteiger partial charge in [-0.1, -0.05) is 13.8 Å². The third-order valence-electron chi connectivity index (χ3n) is 2.76. The van der Waals surface area contributed by atoms with E-state index in [1.54, 1.807) is 4.90 Å². The zero-order valence-corrected chi connectivity index (χ0v) is 10.7. The van der Waals surface area contributed by atoms with Gasteiger partial charge in [0.2, 0.25) is 5.91 Å². The van der Waals surface area contributed by atoms with E-state index in [4.69, 9.17) is 4.74 Å². The Labute approximate surface area is 97.6 Å². The van der Waals surface area contributed by atoms with Gasteiger partial charge in [-0.25, -0.2) is 0 Å². The number of ether oxygens (including phenoxy) is 1. The predicted octanol–water partition coefficient (Wildman–Crippen LogP) is 1.58. The van der Waals surface area contributed by atoms with Crippen LogP contribution in [0.1, 0.15) is 26.7 Å². The minimum Gasteiger partial charge on any atom is -0.376 e. The molecule has 2 atom stereocenters. The molecule has 1 rings (SSSR count). The minimum absolute atomic E-state index is 0.101. The molecule has 0 aromatic carbocycles. The molecule has 0 aromatic rings. The number of hydrogen-bond acceptors (Lipinski definition) is 3. The number of nitrogens with zero attached hydrogens (tertiary/aromatic N) is 1. The van der Waals surface area contributed by atoms with Crippen molar-refractivity contribution in [1.82, 2.24) is 4.90 Å². The van der Waals surface area contributed by atoms with Crippen LogP contribution in [0, 0.1) is 5.92 Å². The van der Waals surface area contributed by atoms with Gasteiger partial charge in [-0.05, 0) is 18.8 Å². The summed E-state index contributed by atoms with van der Waals surface area (Å²) in [6.07, 6.45) is 2.41. The molecule has 1 aliphatic rings. The second kappa shape index (κ2) is 5.75. The fourth-order valence-electron chi connectivity index (χ4n) is 1.69. The molecule has 1 amide bonds. The van der Waals surface area contributed by atoms with Crippen LogP contribution in [0.25, 0.3) is 0 Å². The molecule has 0 aromatic heterocycles. The van der Waals surface area contributed by atoms with Crippen LogP contribution in [0.15, 0.2) is 0 Å². The van der Waals surface area contributed by atoms with Crippen LogP contribution >= 0.6 is 12.6 Å². The third kappa shape index (κ3) is 3.68. The Kier molecular flexibility index (Phi) is 4.93. The van der Waals surface area contributed by atoms with Gasteiger partial charge in [-0.3, -0.25) is 4.79 Å². The molecule has 3 nitrogen and oxygen atoms in total. The maximum absolute atomic E-state index is 11.9. The molecule has 2 unspecified atom stereocenters. The van der Waals surface area contributed by atoms with Gasteiger partial charge in [-0.2, -0.15) is 12.6 Å². The number of rotatable bonds is 4. The highest BCUT2D eigenvalue weighted by molar-refractivity contribution is 7.81. The molecular weight excluding hydrogens is 210 g/mol. The van der Waals surface area contributed by atoms with E-state index in [1.165, 1.54) is 0 Å². The molecule has 0 bridgehead atoms. The van der Waals surface area contributed by atoms with Crippen molar-refractivity contribution in [3.8, 4) is 0 Å². The van der Waals surface area contributed by atoms with E-state index >= 15 is 0 Å². The van der Waals surface area contributed by atoms with Crippen LogP contribution in [0.2, 0.25) is 0 Å². The zero-order valence-electron chi connectivity index (χ0n) is 9.77. The Morgan fingerprint density at radius 2 is 2.27 bits per heavy atom. The summed E-state index contributed by atoms with van der Waals surface area (Å²) in [6.45, 7) is 5.55. The number of hydrogen-bond donors (Lipinski definition) is 1. The molecule has 1 saturated heterocycles. The van der Waals surface area contributed by atoms with Gasteiger partial charge < -0.3 is 9.64 Å².